The number of hydrogen-bond donors (Lipinski definition) is 2. The zero-order valence-corrected chi connectivity index (χ0v) is 12.7. The highest BCUT2D eigenvalue weighted by atomic mass is 79.9. The van der Waals surface area contributed by atoms with Crippen LogP contribution in [-0.2, 0) is 0 Å². The van der Waals surface area contributed by atoms with Crippen LogP contribution in [0.1, 0.15) is 32.1 Å². The Morgan fingerprint density at radius 2 is 2.10 bits per heavy atom. The van der Waals surface area contributed by atoms with E-state index < -0.39 is 0 Å². The number of nitrogens with zero attached hydrogens (tertiary/aromatic N) is 2. The summed E-state index contributed by atoms with van der Waals surface area (Å²) < 4.78 is 2.75. The number of nitrogens with one attached hydrogen (secondary N) is 2. The van der Waals surface area contributed by atoms with Gasteiger partial charge in [-0.25, -0.2) is 9.78 Å². The van der Waals surface area contributed by atoms with Crippen LogP contribution < -0.4 is 10.6 Å². The molecule has 0 atom stereocenters. The average molecular weight is 337 g/mol. The number of urea groups is 1. The van der Waals surface area contributed by atoms with Crippen LogP contribution in [0.2, 0.25) is 0 Å². The Hall–Kier alpha value is -1.56. The number of carbonyl (C=O) groups is 1. The van der Waals surface area contributed by atoms with Crippen LogP contribution in [0.4, 0.5) is 10.5 Å². The van der Waals surface area contributed by atoms with Crippen molar-refractivity contribution in [1.29, 1.82) is 0 Å². The molecule has 20 heavy (non-hydrogen) atoms. The molecule has 1 saturated carbocycles. The Bertz CT molecular complexity index is 619. The van der Waals surface area contributed by atoms with E-state index in [-0.39, 0.29) is 6.03 Å². The molecule has 2 heterocycles. The van der Waals surface area contributed by atoms with E-state index >= 15 is 0 Å². The second-order valence-corrected chi connectivity index (χ2v) is 5.97. The summed E-state index contributed by atoms with van der Waals surface area (Å²) in [6.45, 7) is 0. The minimum atomic E-state index is -0.132. The molecule has 2 N–H and O–H groups in total. The molecule has 1 fully saturated rings. The first kappa shape index (κ1) is 13.4. The average Bonchev–Trinajstić information content (AvgIpc) is 2.81. The van der Waals surface area contributed by atoms with Gasteiger partial charge in [-0.05, 0) is 40.9 Å². The van der Waals surface area contributed by atoms with E-state index in [0.29, 0.717) is 6.04 Å². The van der Waals surface area contributed by atoms with Crippen LogP contribution in [0.5, 0.6) is 0 Å². The van der Waals surface area contributed by atoms with Gasteiger partial charge in [0.1, 0.15) is 10.3 Å². The largest absolute Gasteiger partial charge is 0.335 e. The lowest BCUT2D eigenvalue weighted by Gasteiger charge is -2.22. The zero-order chi connectivity index (χ0) is 13.9. The second-order valence-electron chi connectivity index (χ2n) is 5.16. The molecule has 2 aromatic heterocycles. The fourth-order valence-electron chi connectivity index (χ4n) is 2.62. The number of fused-ring (bicyclic) bond motifs is 1. The molecule has 0 bridgehead atoms. The van der Waals surface area contributed by atoms with Gasteiger partial charge in [-0.3, -0.25) is 4.40 Å². The third-order valence-electron chi connectivity index (χ3n) is 3.66. The molecular formula is C14H17BrN4O. The predicted molar refractivity (Wildman–Crippen MR) is 81.9 cm³/mol. The quantitative estimate of drug-likeness (QED) is 0.880. The molecule has 0 spiro atoms. The van der Waals surface area contributed by atoms with Gasteiger partial charge in [-0.15, -0.1) is 0 Å². The first-order valence-corrected chi connectivity index (χ1v) is 7.72. The topological polar surface area (TPSA) is 58.4 Å². The zero-order valence-electron chi connectivity index (χ0n) is 11.1. The van der Waals surface area contributed by atoms with E-state index in [4.69, 9.17) is 0 Å². The maximum absolute atomic E-state index is 12.0. The summed E-state index contributed by atoms with van der Waals surface area (Å²) in [7, 11) is 0. The first-order chi connectivity index (χ1) is 9.72. The van der Waals surface area contributed by atoms with Crippen molar-refractivity contribution in [1.82, 2.24) is 14.7 Å². The summed E-state index contributed by atoms with van der Waals surface area (Å²) in [6.07, 6.45) is 9.45. The maximum Gasteiger partial charge on any atom is 0.319 e. The van der Waals surface area contributed by atoms with Gasteiger partial charge in [0.05, 0.1) is 11.9 Å². The summed E-state index contributed by atoms with van der Waals surface area (Å²) in [5, 5.41) is 5.92. The molecule has 2 amide bonds. The minimum Gasteiger partial charge on any atom is -0.335 e. The highest BCUT2D eigenvalue weighted by Gasteiger charge is 2.15. The Morgan fingerprint density at radius 3 is 2.90 bits per heavy atom. The van der Waals surface area contributed by atoms with E-state index in [1.807, 2.05) is 22.7 Å². The van der Waals surface area contributed by atoms with Gasteiger partial charge in [0.25, 0.3) is 0 Å². The standard InChI is InChI=1S/C14H17BrN4O/c15-12-8-16-13-7-6-11(9-19(12)13)18-14(20)17-10-4-2-1-3-5-10/h6-10H,1-5H2,(H2,17,18,20). The van der Waals surface area contributed by atoms with Gasteiger partial charge in [0.15, 0.2) is 0 Å². The number of rotatable bonds is 2. The molecule has 5 nitrogen and oxygen atoms in total. The van der Waals surface area contributed by atoms with E-state index in [1.165, 1.54) is 19.3 Å². The summed E-state index contributed by atoms with van der Waals surface area (Å²) >= 11 is 3.42. The minimum absolute atomic E-state index is 0.132. The fraction of sp³-hybridized carbons (Fsp3) is 0.429. The highest BCUT2D eigenvalue weighted by molar-refractivity contribution is 9.10. The molecule has 0 unspecified atom stereocenters. The molecule has 0 aliphatic heterocycles. The third-order valence-corrected chi connectivity index (χ3v) is 4.25. The molecule has 3 rings (SSSR count). The maximum atomic E-state index is 12.0. The van der Waals surface area contributed by atoms with Gasteiger partial charge >= 0.3 is 6.03 Å². The van der Waals surface area contributed by atoms with Crippen molar-refractivity contribution in [2.45, 2.75) is 38.1 Å². The van der Waals surface area contributed by atoms with Crippen LogP contribution in [0, 0.1) is 0 Å². The van der Waals surface area contributed by atoms with Crippen LogP contribution >= 0.6 is 15.9 Å². The number of carbonyl (C=O) groups excluding carboxylic acids is 1. The summed E-state index contributed by atoms with van der Waals surface area (Å²) in [5.74, 6) is 0. The van der Waals surface area contributed by atoms with E-state index in [1.54, 1.807) is 6.20 Å². The molecule has 0 aromatic carbocycles. The lowest BCUT2D eigenvalue weighted by molar-refractivity contribution is 0.244. The van der Waals surface area contributed by atoms with E-state index in [2.05, 4.69) is 31.5 Å². The fourth-order valence-corrected chi connectivity index (χ4v) is 3.01. The molecule has 1 aliphatic rings. The highest BCUT2D eigenvalue weighted by Crippen LogP contribution is 2.18. The Labute approximate surface area is 125 Å². The lowest BCUT2D eigenvalue weighted by Crippen LogP contribution is -2.39. The molecule has 0 saturated heterocycles. The number of hydrogen-bond acceptors (Lipinski definition) is 2. The van der Waals surface area contributed by atoms with Crippen LogP contribution in [0.25, 0.3) is 5.65 Å². The number of anilines is 1. The van der Waals surface area contributed by atoms with E-state index in [9.17, 15) is 4.79 Å². The first-order valence-electron chi connectivity index (χ1n) is 6.92. The van der Waals surface area contributed by atoms with Crippen molar-refractivity contribution in [3.8, 4) is 0 Å². The van der Waals surface area contributed by atoms with E-state index in [0.717, 1.165) is 28.8 Å². The van der Waals surface area contributed by atoms with Crippen LogP contribution in [-0.4, -0.2) is 21.5 Å². The van der Waals surface area contributed by atoms with Crippen molar-refractivity contribution < 1.29 is 4.79 Å². The lowest BCUT2D eigenvalue weighted by atomic mass is 9.96. The van der Waals surface area contributed by atoms with Crippen LogP contribution in [0.3, 0.4) is 0 Å². The third kappa shape index (κ3) is 2.95. The molecule has 0 radical (unpaired) electrons. The van der Waals surface area contributed by atoms with Gasteiger partial charge in [0, 0.05) is 12.2 Å². The van der Waals surface area contributed by atoms with Gasteiger partial charge < -0.3 is 10.6 Å². The molecule has 106 valence electrons. The summed E-state index contributed by atoms with van der Waals surface area (Å²) in [6, 6.07) is 3.91. The predicted octanol–water partition coefficient (Wildman–Crippen LogP) is 3.55. The Morgan fingerprint density at radius 1 is 1.30 bits per heavy atom. The molecule has 2 aromatic rings. The Balaban J connectivity index is 1.65. The van der Waals surface area contributed by atoms with Gasteiger partial charge in [0.2, 0.25) is 0 Å². The van der Waals surface area contributed by atoms with Crippen molar-refractivity contribution in [3.05, 3.63) is 29.1 Å². The normalized spacial score (nSPS) is 16.2. The van der Waals surface area contributed by atoms with Crippen molar-refractivity contribution in [2.75, 3.05) is 5.32 Å². The SMILES string of the molecule is O=C(Nc1ccc2ncc(Br)n2c1)NC1CCCCC1. The molecule has 6 heteroatoms. The number of halogens is 1. The van der Waals surface area contributed by atoms with Crippen molar-refractivity contribution >= 4 is 33.3 Å². The van der Waals surface area contributed by atoms with Gasteiger partial charge in [-0.2, -0.15) is 0 Å². The Kier molecular flexibility index (Phi) is 3.91. The number of imidazole rings is 1. The smallest absolute Gasteiger partial charge is 0.319 e. The number of amides is 2. The number of aromatic nitrogens is 2. The second kappa shape index (κ2) is 5.83. The van der Waals surface area contributed by atoms with Crippen molar-refractivity contribution in [2.24, 2.45) is 0 Å². The van der Waals surface area contributed by atoms with Gasteiger partial charge in [-0.1, -0.05) is 19.3 Å². The molecular weight excluding hydrogens is 320 g/mol. The summed E-state index contributed by atoms with van der Waals surface area (Å²) in [5.41, 5.74) is 1.60. The monoisotopic (exact) mass is 336 g/mol. The van der Waals surface area contributed by atoms with Crippen LogP contribution in [0.15, 0.2) is 29.1 Å². The molecule has 1 aliphatic carbocycles. The summed E-state index contributed by atoms with van der Waals surface area (Å²) in [4.78, 5) is 16.2. The van der Waals surface area contributed by atoms with Crippen molar-refractivity contribution in [3.63, 3.8) is 0 Å². The number of pyridine rings is 1.